The van der Waals surface area contributed by atoms with Gasteiger partial charge in [-0.3, -0.25) is 4.68 Å². The standard InChI is InChI=1S/C25H29ClN4O/c1-4-25(5-2,21-9-11-22(26)12-10-21)28-17-20-18-30(16-6-15-27)29-24(20)19-7-13-23(31-3)14-8-19/h7-14,18,28H,4-6,16-17H2,1-3H3. The first-order valence-corrected chi connectivity index (χ1v) is 11.0. The van der Waals surface area contributed by atoms with E-state index in [9.17, 15) is 0 Å². The Hall–Kier alpha value is -2.81. The van der Waals surface area contributed by atoms with Gasteiger partial charge in [0.1, 0.15) is 5.75 Å². The maximum Gasteiger partial charge on any atom is 0.118 e. The van der Waals surface area contributed by atoms with Gasteiger partial charge in [-0.1, -0.05) is 37.6 Å². The summed E-state index contributed by atoms with van der Waals surface area (Å²) < 4.78 is 7.15. The number of halogens is 1. The summed E-state index contributed by atoms with van der Waals surface area (Å²) in [5, 5.41) is 18.3. The van der Waals surface area contributed by atoms with Crippen LogP contribution in [0, 0.1) is 11.3 Å². The van der Waals surface area contributed by atoms with Crippen molar-refractivity contribution in [2.75, 3.05) is 7.11 Å². The molecule has 2 aromatic carbocycles. The molecule has 0 aliphatic rings. The second-order valence-corrected chi connectivity index (χ2v) is 7.99. The predicted octanol–water partition coefficient (Wildman–Crippen LogP) is 5.93. The van der Waals surface area contributed by atoms with E-state index in [1.807, 2.05) is 47.3 Å². The van der Waals surface area contributed by atoms with Gasteiger partial charge in [-0.05, 0) is 54.8 Å². The van der Waals surface area contributed by atoms with E-state index in [0.29, 0.717) is 19.5 Å². The van der Waals surface area contributed by atoms with Crippen molar-refractivity contribution in [2.24, 2.45) is 0 Å². The Bertz CT molecular complexity index is 1020. The second kappa shape index (κ2) is 10.5. The van der Waals surface area contributed by atoms with Gasteiger partial charge in [-0.15, -0.1) is 0 Å². The lowest BCUT2D eigenvalue weighted by molar-refractivity contribution is 0.305. The van der Waals surface area contributed by atoms with Crippen molar-refractivity contribution in [1.82, 2.24) is 15.1 Å². The van der Waals surface area contributed by atoms with E-state index in [4.69, 9.17) is 26.7 Å². The minimum atomic E-state index is -0.156. The average molecular weight is 437 g/mol. The van der Waals surface area contributed by atoms with Crippen LogP contribution in [0.25, 0.3) is 11.3 Å². The molecule has 0 spiro atoms. The number of hydrogen-bond acceptors (Lipinski definition) is 4. The van der Waals surface area contributed by atoms with Crippen LogP contribution >= 0.6 is 11.6 Å². The van der Waals surface area contributed by atoms with E-state index in [-0.39, 0.29) is 5.54 Å². The van der Waals surface area contributed by atoms with Crippen molar-refractivity contribution in [1.29, 1.82) is 5.26 Å². The SMILES string of the molecule is CCC(CC)(NCc1cn(CCC#N)nc1-c1ccc(OC)cc1)c1ccc(Cl)cc1. The fourth-order valence-corrected chi connectivity index (χ4v) is 4.03. The van der Waals surface area contributed by atoms with Crippen LogP contribution in [0.1, 0.15) is 44.2 Å². The van der Waals surface area contributed by atoms with Gasteiger partial charge in [0.2, 0.25) is 0 Å². The number of aromatic nitrogens is 2. The molecular formula is C25H29ClN4O. The lowest BCUT2D eigenvalue weighted by Gasteiger charge is -2.34. The third kappa shape index (κ3) is 5.28. The fraction of sp³-hybridized carbons (Fsp3) is 0.360. The second-order valence-electron chi connectivity index (χ2n) is 7.55. The molecule has 0 aliphatic heterocycles. The third-order valence-electron chi connectivity index (χ3n) is 5.87. The normalized spacial score (nSPS) is 11.3. The molecule has 1 N–H and O–H groups in total. The van der Waals surface area contributed by atoms with Crippen LogP contribution in [0.3, 0.4) is 0 Å². The molecule has 3 aromatic rings. The van der Waals surface area contributed by atoms with Gasteiger partial charge in [0.15, 0.2) is 0 Å². The molecule has 0 unspecified atom stereocenters. The molecule has 1 aromatic heterocycles. The summed E-state index contributed by atoms with van der Waals surface area (Å²) in [6, 6.07) is 18.2. The number of hydrogen-bond donors (Lipinski definition) is 1. The summed E-state index contributed by atoms with van der Waals surface area (Å²) in [7, 11) is 1.66. The smallest absolute Gasteiger partial charge is 0.118 e. The molecule has 0 atom stereocenters. The molecule has 6 heteroatoms. The molecule has 31 heavy (non-hydrogen) atoms. The van der Waals surface area contributed by atoms with Gasteiger partial charge < -0.3 is 10.1 Å². The van der Waals surface area contributed by atoms with Crippen LogP contribution in [-0.2, 0) is 18.6 Å². The molecule has 162 valence electrons. The number of nitrogens with one attached hydrogen (secondary N) is 1. The summed E-state index contributed by atoms with van der Waals surface area (Å²) in [6.07, 6.45) is 4.37. The van der Waals surface area contributed by atoms with E-state index < -0.39 is 0 Å². The molecule has 0 aliphatic carbocycles. The highest BCUT2D eigenvalue weighted by Crippen LogP contribution is 2.31. The number of rotatable bonds is 10. The number of benzene rings is 2. The number of nitriles is 1. The molecule has 0 radical (unpaired) electrons. The van der Waals surface area contributed by atoms with Gasteiger partial charge >= 0.3 is 0 Å². The van der Waals surface area contributed by atoms with Crippen LogP contribution in [0.5, 0.6) is 5.75 Å². The van der Waals surface area contributed by atoms with Gasteiger partial charge in [0.25, 0.3) is 0 Å². The minimum Gasteiger partial charge on any atom is -0.497 e. The quantitative estimate of drug-likeness (QED) is 0.427. The third-order valence-corrected chi connectivity index (χ3v) is 6.13. The topological polar surface area (TPSA) is 62.9 Å². The lowest BCUT2D eigenvalue weighted by atomic mass is 9.84. The molecule has 0 fully saturated rings. The van der Waals surface area contributed by atoms with Crippen LogP contribution in [-0.4, -0.2) is 16.9 Å². The van der Waals surface area contributed by atoms with Crippen molar-refractivity contribution in [2.45, 2.75) is 51.7 Å². The van der Waals surface area contributed by atoms with Crippen LogP contribution in [0.2, 0.25) is 5.02 Å². The Morgan fingerprint density at radius 3 is 2.35 bits per heavy atom. The number of nitrogens with zero attached hydrogens (tertiary/aromatic N) is 3. The Balaban J connectivity index is 1.91. The molecule has 3 rings (SSSR count). The zero-order valence-electron chi connectivity index (χ0n) is 18.4. The van der Waals surface area contributed by atoms with Crippen LogP contribution in [0.15, 0.2) is 54.7 Å². The van der Waals surface area contributed by atoms with Crippen LogP contribution in [0.4, 0.5) is 0 Å². The highest BCUT2D eigenvalue weighted by molar-refractivity contribution is 6.30. The summed E-state index contributed by atoms with van der Waals surface area (Å²) >= 11 is 6.11. The molecule has 0 amide bonds. The largest absolute Gasteiger partial charge is 0.497 e. The summed E-state index contributed by atoms with van der Waals surface area (Å²) in [5.74, 6) is 0.811. The number of aryl methyl sites for hydroxylation is 1. The van der Waals surface area contributed by atoms with Gasteiger partial charge in [0, 0.05) is 34.4 Å². The predicted molar refractivity (Wildman–Crippen MR) is 125 cm³/mol. The van der Waals surface area contributed by atoms with E-state index in [0.717, 1.165) is 40.4 Å². The molecule has 0 saturated carbocycles. The molecule has 1 heterocycles. The summed E-state index contributed by atoms with van der Waals surface area (Å²) in [5.41, 5.74) is 4.12. The van der Waals surface area contributed by atoms with Gasteiger partial charge in [0.05, 0.1) is 31.8 Å². The lowest BCUT2D eigenvalue weighted by Crippen LogP contribution is -2.41. The highest BCUT2D eigenvalue weighted by atomic mass is 35.5. The Morgan fingerprint density at radius 1 is 1.10 bits per heavy atom. The monoisotopic (exact) mass is 436 g/mol. The van der Waals surface area contributed by atoms with Crippen molar-refractivity contribution in [3.05, 3.63) is 70.9 Å². The van der Waals surface area contributed by atoms with Crippen molar-refractivity contribution in [3.63, 3.8) is 0 Å². The van der Waals surface area contributed by atoms with E-state index in [2.05, 4.69) is 37.4 Å². The molecular weight excluding hydrogens is 408 g/mol. The minimum absolute atomic E-state index is 0.156. The first kappa shape index (κ1) is 22.9. The summed E-state index contributed by atoms with van der Waals surface area (Å²) in [4.78, 5) is 0. The first-order valence-electron chi connectivity index (χ1n) is 10.6. The maximum atomic E-state index is 8.97. The fourth-order valence-electron chi connectivity index (χ4n) is 3.91. The van der Waals surface area contributed by atoms with Crippen LogP contribution < -0.4 is 10.1 Å². The van der Waals surface area contributed by atoms with Crippen molar-refractivity contribution < 1.29 is 4.74 Å². The molecule has 0 saturated heterocycles. The zero-order valence-corrected chi connectivity index (χ0v) is 19.1. The maximum absolute atomic E-state index is 8.97. The highest BCUT2D eigenvalue weighted by Gasteiger charge is 2.28. The number of ether oxygens (including phenoxy) is 1. The Labute approximate surface area is 189 Å². The molecule has 0 bridgehead atoms. The average Bonchev–Trinajstić information content (AvgIpc) is 3.22. The first-order chi connectivity index (χ1) is 15.0. The van der Waals surface area contributed by atoms with Gasteiger partial charge in [-0.25, -0.2) is 0 Å². The Morgan fingerprint density at radius 2 is 1.77 bits per heavy atom. The van der Waals surface area contributed by atoms with E-state index in [1.54, 1.807) is 7.11 Å². The van der Waals surface area contributed by atoms with Crippen molar-refractivity contribution in [3.8, 4) is 23.1 Å². The zero-order chi connectivity index (χ0) is 22.3. The molecule has 5 nitrogen and oxygen atoms in total. The Kier molecular flexibility index (Phi) is 7.73. The van der Waals surface area contributed by atoms with E-state index >= 15 is 0 Å². The van der Waals surface area contributed by atoms with Gasteiger partial charge in [-0.2, -0.15) is 10.4 Å². The van der Waals surface area contributed by atoms with E-state index in [1.165, 1.54) is 5.56 Å². The summed E-state index contributed by atoms with van der Waals surface area (Å²) in [6.45, 7) is 5.64. The van der Waals surface area contributed by atoms with Crippen molar-refractivity contribution >= 4 is 11.6 Å². The number of methoxy groups -OCH3 is 1.